The highest BCUT2D eigenvalue weighted by Gasteiger charge is 2.27. The Bertz CT molecular complexity index is 537. The predicted molar refractivity (Wildman–Crippen MR) is 73.7 cm³/mol. The number of aryl methyl sites for hydroxylation is 1. The zero-order valence-electron chi connectivity index (χ0n) is 10.9. The van der Waals surface area contributed by atoms with Crippen molar-refractivity contribution < 1.29 is 19.1 Å². The van der Waals surface area contributed by atoms with Crippen molar-refractivity contribution in [3.8, 4) is 5.75 Å². The van der Waals surface area contributed by atoms with Gasteiger partial charge in [0.1, 0.15) is 5.75 Å². The molecule has 1 aromatic carbocycles. The maximum absolute atomic E-state index is 12.1. The molecule has 2 rings (SSSR count). The van der Waals surface area contributed by atoms with Crippen LogP contribution < -0.4 is 4.74 Å². The lowest BCUT2D eigenvalue weighted by atomic mass is 10.0. The zero-order chi connectivity index (χ0) is 14.0. The molecule has 4 nitrogen and oxygen atoms in total. The van der Waals surface area contributed by atoms with E-state index in [4.69, 9.17) is 9.47 Å². The van der Waals surface area contributed by atoms with Gasteiger partial charge in [-0.15, -0.1) is 0 Å². The normalized spacial score (nSPS) is 13.0. The van der Waals surface area contributed by atoms with E-state index in [-0.39, 0.29) is 12.2 Å². The van der Waals surface area contributed by atoms with E-state index in [2.05, 4.69) is 15.9 Å². The summed E-state index contributed by atoms with van der Waals surface area (Å²) in [5.41, 5.74) is 2.53. The van der Waals surface area contributed by atoms with Gasteiger partial charge in [0, 0.05) is 0 Å². The molecule has 0 unspecified atom stereocenters. The van der Waals surface area contributed by atoms with Gasteiger partial charge in [0.25, 0.3) is 5.78 Å². The molecule has 0 N–H and O–H groups in total. The average Bonchev–Trinajstić information content (AvgIpc) is 2.86. The molecule has 102 valence electrons. The number of carbonyl (C=O) groups is 2. The molecule has 5 heteroatoms. The number of ether oxygens (including phenoxy) is 2. The highest BCUT2D eigenvalue weighted by molar-refractivity contribution is 9.10. The van der Waals surface area contributed by atoms with Crippen LogP contribution in [0.4, 0.5) is 0 Å². The van der Waals surface area contributed by atoms with E-state index < -0.39 is 11.8 Å². The van der Waals surface area contributed by atoms with Crippen LogP contribution in [0.2, 0.25) is 0 Å². The van der Waals surface area contributed by atoms with Crippen LogP contribution in [-0.4, -0.2) is 25.5 Å². The Hall–Kier alpha value is -1.36. The number of carbonyl (C=O) groups excluding carboxylic acids is 2. The number of hydrogen-bond donors (Lipinski definition) is 0. The van der Waals surface area contributed by atoms with Crippen molar-refractivity contribution in [3.05, 3.63) is 27.2 Å². The van der Waals surface area contributed by atoms with E-state index in [9.17, 15) is 9.59 Å². The third kappa shape index (κ3) is 2.52. The first-order valence-electron chi connectivity index (χ1n) is 6.19. The Morgan fingerprint density at radius 2 is 2.11 bits per heavy atom. The van der Waals surface area contributed by atoms with E-state index in [1.165, 1.54) is 7.11 Å². The summed E-state index contributed by atoms with van der Waals surface area (Å²) in [7, 11) is 1.49. The fraction of sp³-hybridized carbons (Fsp3) is 0.429. The molecule has 0 aliphatic heterocycles. The minimum atomic E-state index is -0.842. The van der Waals surface area contributed by atoms with Crippen molar-refractivity contribution in [1.82, 2.24) is 0 Å². The summed E-state index contributed by atoms with van der Waals surface area (Å²) in [6.45, 7) is 1.85. The average molecular weight is 327 g/mol. The third-order valence-electron chi connectivity index (χ3n) is 3.20. The summed E-state index contributed by atoms with van der Waals surface area (Å²) >= 11 is 3.47. The summed E-state index contributed by atoms with van der Waals surface area (Å²) in [6.07, 6.45) is 2.93. The molecule has 1 aliphatic rings. The number of esters is 1. The number of hydrogen-bond acceptors (Lipinski definition) is 4. The number of fused-ring (bicyclic) bond motifs is 1. The number of halogens is 1. The van der Waals surface area contributed by atoms with Crippen LogP contribution in [0.15, 0.2) is 10.5 Å². The van der Waals surface area contributed by atoms with E-state index in [1.807, 2.05) is 0 Å². The van der Waals surface area contributed by atoms with E-state index in [0.717, 1.165) is 34.9 Å². The fourth-order valence-corrected chi connectivity index (χ4v) is 3.18. The van der Waals surface area contributed by atoms with Crippen LogP contribution >= 0.6 is 15.9 Å². The molecule has 0 saturated carbocycles. The molecule has 0 amide bonds. The Kier molecular flexibility index (Phi) is 4.24. The Labute approximate surface area is 120 Å². The summed E-state index contributed by atoms with van der Waals surface area (Å²) in [4.78, 5) is 23.7. The highest BCUT2D eigenvalue weighted by Crippen LogP contribution is 2.39. The molecule has 0 bridgehead atoms. The van der Waals surface area contributed by atoms with Gasteiger partial charge in [0.15, 0.2) is 0 Å². The lowest BCUT2D eigenvalue weighted by molar-refractivity contribution is -0.137. The lowest BCUT2D eigenvalue weighted by Gasteiger charge is -2.13. The van der Waals surface area contributed by atoms with Crippen molar-refractivity contribution >= 4 is 27.7 Å². The number of benzene rings is 1. The second-order valence-corrected chi connectivity index (χ2v) is 5.11. The van der Waals surface area contributed by atoms with Crippen LogP contribution in [0, 0.1) is 0 Å². The van der Waals surface area contributed by atoms with Crippen LogP contribution in [0.3, 0.4) is 0 Å². The van der Waals surface area contributed by atoms with Gasteiger partial charge in [-0.25, -0.2) is 4.79 Å². The molecule has 0 aromatic heterocycles. The second-order valence-electron chi connectivity index (χ2n) is 4.31. The van der Waals surface area contributed by atoms with E-state index in [1.54, 1.807) is 13.0 Å². The van der Waals surface area contributed by atoms with Gasteiger partial charge in [-0.2, -0.15) is 0 Å². The van der Waals surface area contributed by atoms with Crippen LogP contribution in [0.1, 0.15) is 34.8 Å². The molecular formula is C14H15BrO4. The molecule has 0 fully saturated rings. The fourth-order valence-electron chi connectivity index (χ4n) is 2.35. The molecule has 1 aliphatic carbocycles. The molecule has 0 atom stereocenters. The maximum Gasteiger partial charge on any atom is 0.379 e. The maximum atomic E-state index is 12.1. The first kappa shape index (κ1) is 14.1. The van der Waals surface area contributed by atoms with Gasteiger partial charge in [-0.3, -0.25) is 4.79 Å². The molecule has 0 radical (unpaired) electrons. The zero-order valence-corrected chi connectivity index (χ0v) is 12.5. The molecule has 1 aromatic rings. The van der Waals surface area contributed by atoms with Crippen molar-refractivity contribution in [2.45, 2.75) is 26.2 Å². The first-order valence-corrected chi connectivity index (χ1v) is 6.99. The van der Waals surface area contributed by atoms with Gasteiger partial charge < -0.3 is 9.47 Å². The summed E-state index contributed by atoms with van der Waals surface area (Å²) in [5.74, 6) is -1.08. The molecule has 19 heavy (non-hydrogen) atoms. The van der Waals surface area contributed by atoms with Crippen LogP contribution in [-0.2, 0) is 22.4 Å². The Morgan fingerprint density at radius 1 is 1.37 bits per heavy atom. The van der Waals surface area contributed by atoms with Crippen molar-refractivity contribution in [2.24, 2.45) is 0 Å². The van der Waals surface area contributed by atoms with Gasteiger partial charge >= 0.3 is 5.97 Å². The monoisotopic (exact) mass is 326 g/mol. The summed E-state index contributed by atoms with van der Waals surface area (Å²) in [6, 6.07) is 1.76. The van der Waals surface area contributed by atoms with E-state index >= 15 is 0 Å². The highest BCUT2D eigenvalue weighted by atomic mass is 79.9. The van der Waals surface area contributed by atoms with Gasteiger partial charge in [0.05, 0.1) is 23.8 Å². The molecule has 0 saturated heterocycles. The third-order valence-corrected chi connectivity index (χ3v) is 4.04. The Balaban J connectivity index is 2.48. The first-order chi connectivity index (χ1) is 9.10. The number of ketones is 1. The van der Waals surface area contributed by atoms with Crippen LogP contribution in [0.5, 0.6) is 5.75 Å². The minimum absolute atomic E-state index is 0.180. The van der Waals surface area contributed by atoms with Crippen LogP contribution in [0.25, 0.3) is 0 Å². The Morgan fingerprint density at radius 3 is 2.74 bits per heavy atom. The smallest absolute Gasteiger partial charge is 0.379 e. The quantitative estimate of drug-likeness (QED) is 0.485. The van der Waals surface area contributed by atoms with Crippen molar-refractivity contribution in [1.29, 1.82) is 0 Å². The number of rotatable bonds is 4. The second kappa shape index (κ2) is 5.74. The lowest BCUT2D eigenvalue weighted by Crippen LogP contribution is -2.19. The number of Topliss-reactive ketones (excluding diaryl/α,β-unsaturated/α-hetero) is 1. The van der Waals surface area contributed by atoms with E-state index in [0.29, 0.717) is 5.75 Å². The van der Waals surface area contributed by atoms with Gasteiger partial charge in [-0.1, -0.05) is 0 Å². The predicted octanol–water partition coefficient (Wildman–Crippen LogP) is 2.69. The molecule has 0 spiro atoms. The molecular weight excluding hydrogens is 312 g/mol. The summed E-state index contributed by atoms with van der Waals surface area (Å²) in [5, 5.41) is 0. The van der Waals surface area contributed by atoms with Gasteiger partial charge in [-0.05, 0) is 59.3 Å². The summed E-state index contributed by atoms with van der Waals surface area (Å²) < 4.78 is 10.8. The topological polar surface area (TPSA) is 52.6 Å². The standard InChI is InChI=1S/C14H15BrO4/c1-3-19-14(17)12(16)10-7-8-5-4-6-9(8)11(15)13(10)18-2/h7H,3-6H2,1-2H3. The van der Waals surface area contributed by atoms with Gasteiger partial charge in [0.2, 0.25) is 0 Å². The number of methoxy groups -OCH3 is 1. The SMILES string of the molecule is CCOC(=O)C(=O)c1cc2c(c(Br)c1OC)CCC2. The van der Waals surface area contributed by atoms with Crippen molar-refractivity contribution in [3.63, 3.8) is 0 Å². The molecule has 0 heterocycles. The van der Waals surface area contributed by atoms with Crippen molar-refractivity contribution in [2.75, 3.05) is 13.7 Å². The minimum Gasteiger partial charge on any atom is -0.495 e. The largest absolute Gasteiger partial charge is 0.495 e.